The van der Waals surface area contributed by atoms with Crippen molar-refractivity contribution in [3.63, 3.8) is 0 Å². The van der Waals surface area contributed by atoms with E-state index < -0.39 is 5.82 Å². The molecule has 1 saturated heterocycles. The number of aromatic nitrogens is 2. The summed E-state index contributed by atoms with van der Waals surface area (Å²) in [5.41, 5.74) is 3.62. The molecule has 2 amide bonds. The highest BCUT2D eigenvalue weighted by Crippen LogP contribution is 2.25. The zero-order chi connectivity index (χ0) is 24.1. The van der Waals surface area contributed by atoms with Gasteiger partial charge in [-0.25, -0.2) is 4.39 Å². The van der Waals surface area contributed by atoms with E-state index in [1.807, 2.05) is 36.9 Å². The summed E-state index contributed by atoms with van der Waals surface area (Å²) in [6.07, 6.45) is 0. The molecule has 1 fully saturated rings. The molecular formula is C24H26FN5O3S. The number of anilines is 1. The number of piperazine rings is 1. The van der Waals surface area contributed by atoms with Crippen LogP contribution >= 0.6 is 11.8 Å². The normalized spacial score (nSPS) is 14.3. The highest BCUT2D eigenvalue weighted by Gasteiger charge is 2.23. The molecule has 0 bridgehead atoms. The number of thioether (sulfide) groups is 1. The van der Waals surface area contributed by atoms with Crippen LogP contribution in [0.25, 0.3) is 11.5 Å². The van der Waals surface area contributed by atoms with Gasteiger partial charge in [-0.05, 0) is 55.3 Å². The highest BCUT2D eigenvalue weighted by atomic mass is 32.2. The molecule has 0 saturated carbocycles. The Kier molecular flexibility index (Phi) is 7.59. The quantitative estimate of drug-likeness (QED) is 0.515. The fourth-order valence-electron chi connectivity index (χ4n) is 3.60. The SMILES string of the molecule is Cc1ccc(-c2nnc(SCC(=O)N3CCN(CC(=O)Nc4cccc(F)c4)CC3)o2)cc1C. The van der Waals surface area contributed by atoms with Crippen molar-refractivity contribution in [2.24, 2.45) is 0 Å². The van der Waals surface area contributed by atoms with E-state index in [1.165, 1.54) is 29.5 Å². The zero-order valence-electron chi connectivity index (χ0n) is 19.1. The topological polar surface area (TPSA) is 91.6 Å². The second-order valence-corrected chi connectivity index (χ2v) is 9.10. The standard InChI is InChI=1S/C24H26FN5O3S/c1-16-6-7-18(12-17(16)2)23-27-28-24(33-23)34-15-22(32)30-10-8-29(9-11-30)14-21(31)26-20-5-3-4-19(25)13-20/h3-7,12-13H,8-11,14-15H2,1-2H3,(H,26,31). The lowest BCUT2D eigenvalue weighted by Gasteiger charge is -2.34. The van der Waals surface area contributed by atoms with Gasteiger partial charge in [-0.15, -0.1) is 10.2 Å². The van der Waals surface area contributed by atoms with E-state index in [0.29, 0.717) is 43.0 Å². The van der Waals surface area contributed by atoms with Gasteiger partial charge in [0.15, 0.2) is 0 Å². The molecule has 0 atom stereocenters. The van der Waals surface area contributed by atoms with Gasteiger partial charge in [0, 0.05) is 37.4 Å². The fourth-order valence-corrected chi connectivity index (χ4v) is 4.27. The number of halogens is 1. The van der Waals surface area contributed by atoms with Gasteiger partial charge in [0.1, 0.15) is 5.82 Å². The Bertz CT molecular complexity index is 1180. The Labute approximate surface area is 201 Å². The van der Waals surface area contributed by atoms with Crippen LogP contribution in [-0.2, 0) is 9.59 Å². The monoisotopic (exact) mass is 483 g/mol. The summed E-state index contributed by atoms with van der Waals surface area (Å²) >= 11 is 1.22. The summed E-state index contributed by atoms with van der Waals surface area (Å²) in [6, 6.07) is 11.7. The Morgan fingerprint density at radius 1 is 1.06 bits per heavy atom. The van der Waals surface area contributed by atoms with Crippen LogP contribution in [0.2, 0.25) is 0 Å². The molecule has 1 N–H and O–H groups in total. The maximum absolute atomic E-state index is 13.3. The van der Waals surface area contributed by atoms with Crippen LogP contribution < -0.4 is 5.32 Å². The van der Waals surface area contributed by atoms with Gasteiger partial charge < -0.3 is 14.6 Å². The summed E-state index contributed by atoms with van der Waals surface area (Å²) in [5, 5.41) is 11.2. The molecule has 178 valence electrons. The lowest BCUT2D eigenvalue weighted by Crippen LogP contribution is -2.50. The maximum Gasteiger partial charge on any atom is 0.277 e. The molecule has 34 heavy (non-hydrogen) atoms. The largest absolute Gasteiger partial charge is 0.411 e. The van der Waals surface area contributed by atoms with Gasteiger partial charge in [0.25, 0.3) is 5.22 Å². The van der Waals surface area contributed by atoms with Gasteiger partial charge in [0.05, 0.1) is 12.3 Å². The molecule has 8 nitrogen and oxygen atoms in total. The Balaban J connectivity index is 1.21. The number of aryl methyl sites for hydroxylation is 2. The first-order valence-corrected chi connectivity index (χ1v) is 12.0. The van der Waals surface area contributed by atoms with E-state index in [4.69, 9.17) is 4.42 Å². The molecule has 0 unspecified atom stereocenters. The number of hydrogen-bond donors (Lipinski definition) is 1. The number of amides is 2. The van der Waals surface area contributed by atoms with E-state index in [1.54, 1.807) is 17.0 Å². The van der Waals surface area contributed by atoms with E-state index in [9.17, 15) is 14.0 Å². The molecule has 1 aliphatic rings. The molecule has 10 heteroatoms. The fraction of sp³-hybridized carbons (Fsp3) is 0.333. The average molecular weight is 484 g/mol. The number of carbonyl (C=O) groups is 2. The molecule has 0 radical (unpaired) electrons. The molecule has 1 aliphatic heterocycles. The van der Waals surface area contributed by atoms with Crippen molar-refractivity contribution in [1.82, 2.24) is 20.0 Å². The van der Waals surface area contributed by atoms with Crippen LogP contribution in [0.5, 0.6) is 0 Å². The van der Waals surface area contributed by atoms with E-state index in [0.717, 1.165) is 11.1 Å². The molecule has 4 rings (SSSR count). The Hall–Kier alpha value is -3.24. The van der Waals surface area contributed by atoms with E-state index >= 15 is 0 Å². The molecular weight excluding hydrogens is 457 g/mol. The van der Waals surface area contributed by atoms with Crippen molar-refractivity contribution in [1.29, 1.82) is 0 Å². The lowest BCUT2D eigenvalue weighted by molar-refractivity contribution is -0.130. The second-order valence-electron chi connectivity index (χ2n) is 8.18. The minimum Gasteiger partial charge on any atom is -0.411 e. The number of rotatable bonds is 7. The third-order valence-corrected chi connectivity index (χ3v) is 6.48. The number of hydrogen-bond acceptors (Lipinski definition) is 7. The third-order valence-electron chi connectivity index (χ3n) is 5.68. The van der Waals surface area contributed by atoms with Crippen LogP contribution in [0.15, 0.2) is 52.1 Å². The summed E-state index contributed by atoms with van der Waals surface area (Å²) in [6.45, 7) is 6.50. The first-order chi connectivity index (χ1) is 16.4. The summed E-state index contributed by atoms with van der Waals surface area (Å²) in [5.74, 6) is 0.0129. The van der Waals surface area contributed by atoms with Crippen LogP contribution in [-0.4, -0.2) is 70.3 Å². The van der Waals surface area contributed by atoms with Crippen molar-refractivity contribution in [2.45, 2.75) is 19.1 Å². The first kappa shape index (κ1) is 23.9. The number of nitrogens with zero attached hydrogens (tertiary/aromatic N) is 4. The minimum absolute atomic E-state index is 0.0141. The van der Waals surface area contributed by atoms with Crippen molar-refractivity contribution in [2.75, 3.05) is 43.8 Å². The van der Waals surface area contributed by atoms with Crippen molar-refractivity contribution < 1.29 is 18.4 Å². The van der Waals surface area contributed by atoms with E-state index in [2.05, 4.69) is 15.5 Å². The first-order valence-electron chi connectivity index (χ1n) is 11.0. The van der Waals surface area contributed by atoms with E-state index in [-0.39, 0.29) is 24.1 Å². The smallest absolute Gasteiger partial charge is 0.277 e. The number of benzene rings is 2. The van der Waals surface area contributed by atoms with Crippen LogP contribution in [0, 0.1) is 19.7 Å². The summed E-state index contributed by atoms with van der Waals surface area (Å²) in [4.78, 5) is 28.6. The second kappa shape index (κ2) is 10.8. The molecule has 1 aromatic heterocycles. The van der Waals surface area contributed by atoms with Gasteiger partial charge in [-0.1, -0.05) is 23.9 Å². The molecule has 2 heterocycles. The Morgan fingerprint density at radius 2 is 1.85 bits per heavy atom. The van der Waals surface area contributed by atoms with Crippen molar-refractivity contribution >= 4 is 29.3 Å². The molecule has 2 aromatic carbocycles. The molecule has 0 spiro atoms. The van der Waals surface area contributed by atoms with Crippen LogP contribution in [0.3, 0.4) is 0 Å². The predicted molar refractivity (Wildman–Crippen MR) is 128 cm³/mol. The minimum atomic E-state index is -0.398. The van der Waals surface area contributed by atoms with Crippen LogP contribution in [0.1, 0.15) is 11.1 Å². The molecule has 0 aliphatic carbocycles. The molecule has 3 aromatic rings. The lowest BCUT2D eigenvalue weighted by atomic mass is 10.1. The average Bonchev–Trinajstić information content (AvgIpc) is 3.29. The third kappa shape index (κ3) is 6.21. The predicted octanol–water partition coefficient (Wildman–Crippen LogP) is 3.37. The van der Waals surface area contributed by atoms with Gasteiger partial charge >= 0.3 is 0 Å². The summed E-state index contributed by atoms with van der Waals surface area (Å²) in [7, 11) is 0. The van der Waals surface area contributed by atoms with Crippen molar-refractivity contribution in [3.8, 4) is 11.5 Å². The Morgan fingerprint density at radius 3 is 2.59 bits per heavy atom. The highest BCUT2D eigenvalue weighted by molar-refractivity contribution is 7.99. The summed E-state index contributed by atoms with van der Waals surface area (Å²) < 4.78 is 19.0. The van der Waals surface area contributed by atoms with Crippen molar-refractivity contribution in [3.05, 3.63) is 59.4 Å². The number of carbonyl (C=O) groups excluding carboxylic acids is 2. The maximum atomic E-state index is 13.3. The van der Waals surface area contributed by atoms with Gasteiger partial charge in [-0.3, -0.25) is 14.5 Å². The number of nitrogens with one attached hydrogen (secondary N) is 1. The van der Waals surface area contributed by atoms with Gasteiger partial charge in [0.2, 0.25) is 17.7 Å². The van der Waals surface area contributed by atoms with Crippen LogP contribution in [0.4, 0.5) is 10.1 Å². The van der Waals surface area contributed by atoms with Gasteiger partial charge in [-0.2, -0.15) is 0 Å². The zero-order valence-corrected chi connectivity index (χ0v) is 19.9.